The van der Waals surface area contributed by atoms with Crippen LogP contribution in [0.1, 0.15) is 16.8 Å². The van der Waals surface area contributed by atoms with Gasteiger partial charge < -0.3 is 20.5 Å². The molecule has 0 bridgehead atoms. The van der Waals surface area contributed by atoms with Crippen LogP contribution in [0.3, 0.4) is 0 Å². The minimum absolute atomic E-state index is 0.142. The molecule has 0 saturated carbocycles. The van der Waals surface area contributed by atoms with Crippen LogP contribution in [0, 0.1) is 0 Å². The number of nitrogens with two attached hydrogens (primary N) is 1. The summed E-state index contributed by atoms with van der Waals surface area (Å²) in [5.74, 6) is -0.290. The molecule has 0 spiro atoms. The molecule has 7 heteroatoms. The molecule has 0 aliphatic rings. The van der Waals surface area contributed by atoms with Crippen LogP contribution >= 0.6 is 11.6 Å². The summed E-state index contributed by atoms with van der Waals surface area (Å²) in [7, 11) is 1.62. The fourth-order valence-corrected chi connectivity index (χ4v) is 1.53. The molecule has 1 heterocycles. The number of hydrogen-bond donors (Lipinski definition) is 2. The van der Waals surface area contributed by atoms with Crippen LogP contribution in [0.25, 0.3) is 0 Å². The summed E-state index contributed by atoms with van der Waals surface area (Å²) in [4.78, 5) is 15.6. The highest BCUT2D eigenvalue weighted by Gasteiger charge is 2.11. The standard InChI is InChI=1S/C12H18ClN3O3/c1-18-5-6-19-4-2-3-15-12(17)10-7-9(14)8-16-11(10)13/h7-8H,2-6,14H2,1H3,(H,15,17). The lowest BCUT2D eigenvalue weighted by Gasteiger charge is -2.07. The molecule has 1 aromatic rings. The summed E-state index contributed by atoms with van der Waals surface area (Å²) >= 11 is 5.82. The van der Waals surface area contributed by atoms with Gasteiger partial charge in [0.25, 0.3) is 5.91 Å². The minimum Gasteiger partial charge on any atom is -0.397 e. The Kier molecular flexibility index (Phi) is 7.17. The van der Waals surface area contributed by atoms with Crippen LogP contribution in [0.15, 0.2) is 12.3 Å². The predicted molar refractivity (Wildman–Crippen MR) is 73.3 cm³/mol. The van der Waals surface area contributed by atoms with E-state index in [1.807, 2.05) is 0 Å². The largest absolute Gasteiger partial charge is 0.397 e. The minimum atomic E-state index is -0.290. The quantitative estimate of drug-likeness (QED) is 0.552. The van der Waals surface area contributed by atoms with Gasteiger partial charge in [-0.15, -0.1) is 0 Å². The summed E-state index contributed by atoms with van der Waals surface area (Å²) in [5, 5.41) is 2.87. The second kappa shape index (κ2) is 8.68. The second-order valence-corrected chi connectivity index (χ2v) is 4.18. The van der Waals surface area contributed by atoms with Crippen molar-refractivity contribution in [3.63, 3.8) is 0 Å². The molecule has 0 saturated heterocycles. The first kappa shape index (κ1) is 15.7. The van der Waals surface area contributed by atoms with E-state index in [2.05, 4.69) is 10.3 Å². The molecule has 0 unspecified atom stereocenters. The molecule has 1 amide bonds. The molecule has 0 atom stereocenters. The molecule has 1 aromatic heterocycles. The van der Waals surface area contributed by atoms with Crippen molar-refractivity contribution in [2.45, 2.75) is 6.42 Å². The number of rotatable bonds is 8. The number of halogens is 1. The van der Waals surface area contributed by atoms with Gasteiger partial charge in [0.05, 0.1) is 30.7 Å². The SMILES string of the molecule is COCCOCCCNC(=O)c1cc(N)cnc1Cl. The van der Waals surface area contributed by atoms with E-state index in [4.69, 9.17) is 26.8 Å². The summed E-state index contributed by atoms with van der Waals surface area (Å²) in [5.41, 5.74) is 6.24. The third kappa shape index (κ3) is 5.87. The Morgan fingerprint density at radius 3 is 3.00 bits per heavy atom. The molecule has 0 fully saturated rings. The fourth-order valence-electron chi connectivity index (χ4n) is 1.34. The number of hydrogen-bond acceptors (Lipinski definition) is 5. The van der Waals surface area contributed by atoms with Crippen LogP contribution in [-0.2, 0) is 9.47 Å². The number of aromatic nitrogens is 1. The Bertz CT molecular complexity index is 415. The predicted octanol–water partition coefficient (Wildman–Crippen LogP) is 1.10. The maximum atomic E-state index is 11.8. The first-order valence-corrected chi connectivity index (χ1v) is 6.29. The first-order valence-electron chi connectivity index (χ1n) is 5.91. The molecule has 0 aliphatic carbocycles. The summed E-state index contributed by atoms with van der Waals surface area (Å²) in [6.45, 7) is 2.18. The van der Waals surface area contributed by atoms with E-state index in [9.17, 15) is 4.79 Å². The van der Waals surface area contributed by atoms with Crippen molar-refractivity contribution in [1.82, 2.24) is 10.3 Å². The Morgan fingerprint density at radius 1 is 1.47 bits per heavy atom. The molecular formula is C12H18ClN3O3. The third-order valence-corrected chi connectivity index (χ3v) is 2.59. The fraction of sp³-hybridized carbons (Fsp3) is 0.500. The molecule has 6 nitrogen and oxygen atoms in total. The van der Waals surface area contributed by atoms with E-state index >= 15 is 0 Å². The average Bonchev–Trinajstić information content (AvgIpc) is 2.40. The van der Waals surface area contributed by atoms with Crippen molar-refractivity contribution < 1.29 is 14.3 Å². The zero-order chi connectivity index (χ0) is 14.1. The number of nitrogen functional groups attached to an aromatic ring is 1. The van der Waals surface area contributed by atoms with Gasteiger partial charge in [-0.3, -0.25) is 4.79 Å². The van der Waals surface area contributed by atoms with E-state index in [0.717, 1.165) is 0 Å². The normalized spacial score (nSPS) is 10.4. The number of ether oxygens (including phenoxy) is 2. The lowest BCUT2D eigenvalue weighted by Crippen LogP contribution is -2.26. The van der Waals surface area contributed by atoms with Crippen molar-refractivity contribution in [3.05, 3.63) is 23.0 Å². The van der Waals surface area contributed by atoms with E-state index in [-0.39, 0.29) is 16.6 Å². The molecule has 0 aromatic carbocycles. The van der Waals surface area contributed by atoms with Gasteiger partial charge in [-0.05, 0) is 12.5 Å². The number of carbonyl (C=O) groups excluding carboxylic acids is 1. The zero-order valence-electron chi connectivity index (χ0n) is 10.8. The van der Waals surface area contributed by atoms with Crippen molar-refractivity contribution in [2.75, 3.05) is 39.2 Å². The first-order chi connectivity index (χ1) is 9.15. The number of nitrogens with one attached hydrogen (secondary N) is 1. The summed E-state index contributed by atoms with van der Waals surface area (Å²) in [6.07, 6.45) is 2.12. The Labute approximate surface area is 117 Å². The monoisotopic (exact) mass is 287 g/mol. The van der Waals surface area contributed by atoms with Crippen LogP contribution in [0.4, 0.5) is 5.69 Å². The Balaban J connectivity index is 2.26. The van der Waals surface area contributed by atoms with Crippen LogP contribution in [0.2, 0.25) is 5.15 Å². The van der Waals surface area contributed by atoms with Crippen molar-refractivity contribution in [3.8, 4) is 0 Å². The smallest absolute Gasteiger partial charge is 0.254 e. The maximum absolute atomic E-state index is 11.8. The Morgan fingerprint density at radius 2 is 2.26 bits per heavy atom. The van der Waals surface area contributed by atoms with E-state index in [1.165, 1.54) is 12.3 Å². The second-order valence-electron chi connectivity index (χ2n) is 3.82. The number of anilines is 1. The zero-order valence-corrected chi connectivity index (χ0v) is 11.6. The van der Waals surface area contributed by atoms with Gasteiger partial charge in [-0.25, -0.2) is 4.98 Å². The number of nitrogens with zero attached hydrogens (tertiary/aromatic N) is 1. The van der Waals surface area contributed by atoms with Gasteiger partial charge in [-0.2, -0.15) is 0 Å². The van der Waals surface area contributed by atoms with Crippen LogP contribution in [0.5, 0.6) is 0 Å². The van der Waals surface area contributed by atoms with Gasteiger partial charge >= 0.3 is 0 Å². The number of methoxy groups -OCH3 is 1. The van der Waals surface area contributed by atoms with Gasteiger partial charge in [0.15, 0.2) is 0 Å². The molecule has 106 valence electrons. The van der Waals surface area contributed by atoms with Crippen LogP contribution < -0.4 is 11.1 Å². The molecule has 1 rings (SSSR count). The highest BCUT2D eigenvalue weighted by Crippen LogP contribution is 2.15. The lowest BCUT2D eigenvalue weighted by molar-refractivity contribution is 0.0688. The summed E-state index contributed by atoms with van der Waals surface area (Å²) < 4.78 is 10.1. The average molecular weight is 288 g/mol. The molecule has 19 heavy (non-hydrogen) atoms. The molecule has 0 aliphatic heterocycles. The third-order valence-electron chi connectivity index (χ3n) is 2.29. The van der Waals surface area contributed by atoms with Gasteiger partial charge in [0.2, 0.25) is 0 Å². The number of pyridine rings is 1. The van der Waals surface area contributed by atoms with Crippen molar-refractivity contribution in [1.29, 1.82) is 0 Å². The van der Waals surface area contributed by atoms with Gasteiger partial charge in [0, 0.05) is 20.3 Å². The van der Waals surface area contributed by atoms with E-state index < -0.39 is 0 Å². The van der Waals surface area contributed by atoms with Crippen LogP contribution in [-0.4, -0.2) is 44.4 Å². The summed E-state index contributed by atoms with van der Waals surface area (Å²) in [6, 6.07) is 1.50. The van der Waals surface area contributed by atoms with Gasteiger partial charge in [0.1, 0.15) is 5.15 Å². The topological polar surface area (TPSA) is 86.5 Å². The van der Waals surface area contributed by atoms with Gasteiger partial charge in [-0.1, -0.05) is 11.6 Å². The lowest BCUT2D eigenvalue weighted by atomic mass is 10.2. The number of amides is 1. The van der Waals surface area contributed by atoms with E-state index in [0.29, 0.717) is 38.5 Å². The molecule has 0 radical (unpaired) electrons. The molecular weight excluding hydrogens is 270 g/mol. The highest BCUT2D eigenvalue weighted by atomic mass is 35.5. The number of carbonyl (C=O) groups is 1. The van der Waals surface area contributed by atoms with E-state index in [1.54, 1.807) is 7.11 Å². The molecule has 3 N–H and O–H groups in total. The van der Waals surface area contributed by atoms with Crippen molar-refractivity contribution in [2.24, 2.45) is 0 Å². The maximum Gasteiger partial charge on any atom is 0.254 e. The highest BCUT2D eigenvalue weighted by molar-refractivity contribution is 6.32. The van der Waals surface area contributed by atoms with Crippen molar-refractivity contribution >= 4 is 23.2 Å². The Hall–Kier alpha value is -1.37.